The molecule has 2 N–H and O–H groups in total. The molecule has 122 valence electrons. The molecule has 0 heterocycles. The molecule has 7 heteroatoms. The third-order valence-corrected chi connectivity index (χ3v) is 2.66. The summed E-state index contributed by atoms with van der Waals surface area (Å²) < 4.78 is 31.7. The molecule has 0 radical (unpaired) electrons. The van der Waals surface area contributed by atoms with Crippen LogP contribution in [-0.2, 0) is 4.79 Å². The maximum atomic E-state index is 11.9. The summed E-state index contributed by atoms with van der Waals surface area (Å²) in [5.74, 6) is -3.03. The van der Waals surface area contributed by atoms with Crippen LogP contribution < -0.4 is 0 Å². The van der Waals surface area contributed by atoms with Crippen molar-refractivity contribution in [3.8, 4) is 0 Å². The highest BCUT2D eigenvalue weighted by molar-refractivity contribution is 5.99. The van der Waals surface area contributed by atoms with Crippen molar-refractivity contribution in [1.29, 1.82) is 0 Å². The molecule has 1 atom stereocenters. The summed E-state index contributed by atoms with van der Waals surface area (Å²) in [4.78, 5) is 20.8. The molecule has 2 aromatic rings. The summed E-state index contributed by atoms with van der Waals surface area (Å²) in [7, 11) is 0. The van der Waals surface area contributed by atoms with Crippen molar-refractivity contribution < 1.29 is 33.0 Å². The lowest BCUT2D eigenvalue weighted by molar-refractivity contribution is -0.192. The van der Waals surface area contributed by atoms with Crippen LogP contribution in [0.4, 0.5) is 13.2 Å². The van der Waals surface area contributed by atoms with Gasteiger partial charge in [0, 0.05) is 5.56 Å². The number of aliphatic hydroxyl groups excluding tert-OH is 1. The van der Waals surface area contributed by atoms with Crippen LogP contribution in [0.3, 0.4) is 0 Å². The Balaban J connectivity index is 0.000000322. The fourth-order valence-electron chi connectivity index (χ4n) is 1.55. The topological polar surface area (TPSA) is 74.6 Å². The van der Waals surface area contributed by atoms with E-state index < -0.39 is 18.2 Å². The lowest BCUT2D eigenvalue weighted by atomic mass is 10.0. The van der Waals surface area contributed by atoms with Crippen LogP contribution in [-0.4, -0.2) is 28.1 Å². The molecule has 0 bridgehead atoms. The normalized spacial score (nSPS) is 11.8. The van der Waals surface area contributed by atoms with Crippen LogP contribution in [0.2, 0.25) is 0 Å². The van der Waals surface area contributed by atoms with E-state index in [1.54, 1.807) is 48.5 Å². The Morgan fingerprint density at radius 1 is 0.870 bits per heavy atom. The Kier molecular flexibility index (Phi) is 6.47. The molecule has 0 amide bonds. The van der Waals surface area contributed by atoms with Crippen LogP contribution in [0.15, 0.2) is 60.7 Å². The third kappa shape index (κ3) is 5.91. The van der Waals surface area contributed by atoms with E-state index in [-0.39, 0.29) is 5.78 Å². The molecule has 0 saturated carbocycles. The highest BCUT2D eigenvalue weighted by atomic mass is 19.4. The Morgan fingerprint density at radius 3 is 1.65 bits per heavy atom. The maximum absolute atomic E-state index is 11.9. The number of halogens is 3. The first-order valence-corrected chi connectivity index (χ1v) is 6.36. The second kappa shape index (κ2) is 8.09. The zero-order chi connectivity index (χ0) is 17.5. The molecule has 23 heavy (non-hydrogen) atoms. The number of carboxylic acid groups (broad SMARTS) is 1. The minimum atomic E-state index is -5.08. The number of hydrogen-bond acceptors (Lipinski definition) is 3. The number of ketones is 1. The van der Waals surface area contributed by atoms with E-state index in [0.29, 0.717) is 11.1 Å². The van der Waals surface area contributed by atoms with Crippen molar-refractivity contribution in [3.63, 3.8) is 0 Å². The Morgan fingerprint density at radius 2 is 1.26 bits per heavy atom. The van der Waals surface area contributed by atoms with Gasteiger partial charge >= 0.3 is 12.1 Å². The number of carbonyl (C=O) groups excluding carboxylic acids is 1. The van der Waals surface area contributed by atoms with Gasteiger partial charge < -0.3 is 10.2 Å². The van der Waals surface area contributed by atoms with Crippen LogP contribution in [0.25, 0.3) is 0 Å². The summed E-state index contributed by atoms with van der Waals surface area (Å²) in [6.45, 7) is 0. The number of aliphatic carboxylic acids is 1. The third-order valence-electron chi connectivity index (χ3n) is 2.66. The van der Waals surface area contributed by atoms with E-state index in [1.807, 2.05) is 12.1 Å². The predicted octanol–water partition coefficient (Wildman–Crippen LogP) is 3.24. The van der Waals surface area contributed by atoms with Gasteiger partial charge in [-0.15, -0.1) is 0 Å². The Labute approximate surface area is 129 Å². The molecule has 0 fully saturated rings. The molecule has 1 unspecified atom stereocenters. The molecular formula is C16H13F3O4. The smallest absolute Gasteiger partial charge is 0.475 e. The van der Waals surface area contributed by atoms with E-state index >= 15 is 0 Å². The van der Waals surface area contributed by atoms with Crippen LogP contribution in [0.5, 0.6) is 0 Å². The quantitative estimate of drug-likeness (QED) is 0.849. The fourth-order valence-corrected chi connectivity index (χ4v) is 1.55. The largest absolute Gasteiger partial charge is 0.490 e. The lowest BCUT2D eigenvalue weighted by Crippen LogP contribution is -2.21. The highest BCUT2D eigenvalue weighted by Gasteiger charge is 2.38. The molecule has 0 aliphatic rings. The van der Waals surface area contributed by atoms with Gasteiger partial charge in [0.25, 0.3) is 0 Å². The van der Waals surface area contributed by atoms with Gasteiger partial charge in [0.1, 0.15) is 6.10 Å². The first-order chi connectivity index (χ1) is 10.7. The molecule has 2 rings (SSSR count). The summed E-state index contributed by atoms with van der Waals surface area (Å²) in [5, 5.41) is 17.0. The number of carbonyl (C=O) groups is 2. The number of carboxylic acids is 1. The second-order valence-corrected chi connectivity index (χ2v) is 4.35. The molecule has 0 aliphatic heterocycles. The summed E-state index contributed by atoms with van der Waals surface area (Å²) in [6, 6.07) is 17.7. The van der Waals surface area contributed by atoms with Crippen molar-refractivity contribution >= 4 is 11.8 Å². The maximum Gasteiger partial charge on any atom is 0.490 e. The lowest BCUT2D eigenvalue weighted by Gasteiger charge is -2.09. The van der Waals surface area contributed by atoms with E-state index in [4.69, 9.17) is 9.90 Å². The SMILES string of the molecule is O=C(O)C(F)(F)F.O=C(c1ccccc1)C(O)c1ccccc1. The van der Waals surface area contributed by atoms with E-state index in [9.17, 15) is 23.1 Å². The first-order valence-electron chi connectivity index (χ1n) is 6.36. The first kappa shape index (κ1) is 18.4. The van der Waals surface area contributed by atoms with E-state index in [1.165, 1.54) is 0 Å². The zero-order valence-corrected chi connectivity index (χ0v) is 11.7. The molecule has 0 saturated heterocycles. The molecule has 0 spiro atoms. The summed E-state index contributed by atoms with van der Waals surface area (Å²) >= 11 is 0. The minimum absolute atomic E-state index is 0.271. The number of Topliss-reactive ketones (excluding diaryl/α,β-unsaturated/α-hetero) is 1. The van der Waals surface area contributed by atoms with E-state index in [0.717, 1.165) is 0 Å². The van der Waals surface area contributed by atoms with Gasteiger partial charge in [0.2, 0.25) is 0 Å². The van der Waals surface area contributed by atoms with Gasteiger partial charge in [-0.2, -0.15) is 13.2 Å². The van der Waals surface area contributed by atoms with Gasteiger partial charge in [0.15, 0.2) is 5.78 Å². The summed E-state index contributed by atoms with van der Waals surface area (Å²) in [6.07, 6.45) is -6.16. The van der Waals surface area contributed by atoms with Crippen molar-refractivity contribution in [2.24, 2.45) is 0 Å². The van der Waals surface area contributed by atoms with Gasteiger partial charge in [-0.3, -0.25) is 4.79 Å². The van der Waals surface area contributed by atoms with Gasteiger partial charge in [0.05, 0.1) is 0 Å². The number of benzene rings is 2. The molecule has 0 aromatic heterocycles. The fraction of sp³-hybridized carbons (Fsp3) is 0.125. The highest BCUT2D eigenvalue weighted by Crippen LogP contribution is 2.17. The molecule has 0 aliphatic carbocycles. The van der Waals surface area contributed by atoms with Crippen molar-refractivity contribution in [1.82, 2.24) is 0 Å². The van der Waals surface area contributed by atoms with Gasteiger partial charge in [-0.25, -0.2) is 4.79 Å². The van der Waals surface area contributed by atoms with Crippen LogP contribution in [0.1, 0.15) is 22.0 Å². The number of aliphatic hydroxyl groups is 1. The number of rotatable bonds is 3. The van der Waals surface area contributed by atoms with Crippen molar-refractivity contribution in [2.75, 3.05) is 0 Å². The van der Waals surface area contributed by atoms with E-state index in [2.05, 4.69) is 0 Å². The molecule has 2 aromatic carbocycles. The standard InChI is InChI=1S/C14H12O2.C2HF3O2/c15-13(11-7-3-1-4-8-11)14(16)12-9-5-2-6-10-12;3-2(4,5)1(6)7/h1-10,13,15H;(H,6,7). The van der Waals surface area contributed by atoms with Crippen molar-refractivity contribution in [2.45, 2.75) is 12.3 Å². The van der Waals surface area contributed by atoms with Crippen LogP contribution >= 0.6 is 0 Å². The number of alkyl halides is 3. The monoisotopic (exact) mass is 326 g/mol. The predicted molar refractivity (Wildman–Crippen MR) is 75.9 cm³/mol. The average Bonchev–Trinajstić information content (AvgIpc) is 2.55. The van der Waals surface area contributed by atoms with Gasteiger partial charge in [-0.1, -0.05) is 60.7 Å². The minimum Gasteiger partial charge on any atom is -0.475 e. The summed E-state index contributed by atoms with van der Waals surface area (Å²) in [5.41, 5.74) is 1.15. The number of hydrogen-bond donors (Lipinski definition) is 2. The Hall–Kier alpha value is -2.67. The Bertz CT molecular complexity index is 639. The van der Waals surface area contributed by atoms with Crippen LogP contribution in [0, 0.1) is 0 Å². The average molecular weight is 326 g/mol. The zero-order valence-electron chi connectivity index (χ0n) is 11.7. The second-order valence-electron chi connectivity index (χ2n) is 4.35. The van der Waals surface area contributed by atoms with Gasteiger partial charge in [-0.05, 0) is 5.56 Å². The van der Waals surface area contributed by atoms with Crippen molar-refractivity contribution in [3.05, 3.63) is 71.8 Å². The molecular weight excluding hydrogens is 313 g/mol. The molecule has 4 nitrogen and oxygen atoms in total.